The smallest absolute Gasteiger partial charge is 0.246 e. The molecule has 3 aliphatic rings. The number of nitrogens with zero attached hydrogens (tertiary/aromatic N) is 2. The van der Waals surface area contributed by atoms with Crippen LogP contribution in [0.15, 0.2) is 77.6 Å². The topological polar surface area (TPSA) is 77.2 Å². The summed E-state index contributed by atoms with van der Waals surface area (Å²) in [6.45, 7) is 1.79. The van der Waals surface area contributed by atoms with Crippen LogP contribution in [0.3, 0.4) is 0 Å². The van der Waals surface area contributed by atoms with E-state index in [1.165, 1.54) is 11.1 Å². The zero-order valence-corrected chi connectivity index (χ0v) is 21.9. The van der Waals surface area contributed by atoms with E-state index in [-0.39, 0.29) is 23.7 Å². The third-order valence-corrected chi connectivity index (χ3v) is 9.50. The predicted molar refractivity (Wildman–Crippen MR) is 147 cm³/mol. The Labute approximate surface area is 224 Å². The van der Waals surface area contributed by atoms with E-state index in [1.54, 1.807) is 30.7 Å². The Bertz CT molecular complexity index is 1320. The molecule has 1 aromatic heterocycles. The van der Waals surface area contributed by atoms with Crippen LogP contribution in [-0.4, -0.2) is 63.7 Å². The van der Waals surface area contributed by atoms with E-state index in [1.807, 2.05) is 36.2 Å². The maximum Gasteiger partial charge on any atom is 0.246 e. The number of aromatic hydroxyl groups is 1. The highest BCUT2D eigenvalue weighted by Crippen LogP contribution is 2.59. The van der Waals surface area contributed by atoms with E-state index in [0.717, 1.165) is 49.9 Å². The Morgan fingerprint density at radius 3 is 2.82 bits per heavy atom. The molecule has 1 amide bonds. The van der Waals surface area contributed by atoms with Gasteiger partial charge in [-0.25, -0.2) is 0 Å². The zero-order valence-electron chi connectivity index (χ0n) is 21.9. The monoisotopic (exact) mass is 512 g/mol. The molecule has 2 N–H and O–H groups in total. The second-order valence-electron chi connectivity index (χ2n) is 11.3. The molecule has 2 fully saturated rings. The van der Waals surface area contributed by atoms with Crippen LogP contribution in [0.25, 0.3) is 6.08 Å². The molecule has 2 aromatic carbocycles. The van der Waals surface area contributed by atoms with Crippen LogP contribution in [0.2, 0.25) is 0 Å². The molecule has 6 heteroatoms. The number of fused-ring (bicyclic) bond motifs is 1. The summed E-state index contributed by atoms with van der Waals surface area (Å²) >= 11 is 0. The first-order chi connectivity index (χ1) is 18.4. The Morgan fingerprint density at radius 2 is 2.03 bits per heavy atom. The normalized spacial score (nSPS) is 28.6. The number of carbonyl (C=O) groups is 1. The summed E-state index contributed by atoms with van der Waals surface area (Å²) in [4.78, 5) is 17.4. The molecule has 2 aliphatic carbocycles. The molecular formula is C32H36N2O4. The number of phenols is 1. The van der Waals surface area contributed by atoms with E-state index < -0.39 is 11.0 Å². The molecule has 0 spiro atoms. The van der Waals surface area contributed by atoms with Crippen LogP contribution in [-0.2, 0) is 23.1 Å². The first kappa shape index (κ1) is 25.0. The average Bonchev–Trinajstić information content (AvgIpc) is 3.45. The molecule has 1 saturated heterocycles. The molecule has 3 aromatic rings. The Balaban J connectivity index is 1.29. The molecule has 4 atom stereocenters. The number of hydrogen-bond donors (Lipinski definition) is 2. The van der Waals surface area contributed by atoms with Crippen molar-refractivity contribution < 1.29 is 19.4 Å². The van der Waals surface area contributed by atoms with Crippen LogP contribution >= 0.6 is 0 Å². The lowest BCUT2D eigenvalue weighted by Gasteiger charge is -2.65. The number of benzene rings is 2. The van der Waals surface area contributed by atoms with Crippen LogP contribution in [0.4, 0.5) is 0 Å². The van der Waals surface area contributed by atoms with Crippen molar-refractivity contribution in [3.8, 4) is 5.75 Å². The quantitative estimate of drug-likeness (QED) is 0.474. The number of piperidine rings is 1. The number of likely N-dealkylation sites (tertiary alicyclic amines) is 1. The van der Waals surface area contributed by atoms with Gasteiger partial charge in [-0.1, -0.05) is 36.4 Å². The van der Waals surface area contributed by atoms with E-state index in [0.29, 0.717) is 12.8 Å². The SMILES string of the molecule is CN(C(=O)/C=C/c1ccoc1)C1CC[C@@]2(O)[C@H]3Cc4ccc(O)cc4[C@@]2(CCN3CCc2ccccc2)C1. The third kappa shape index (κ3) is 4.16. The highest BCUT2D eigenvalue weighted by molar-refractivity contribution is 5.91. The molecule has 2 heterocycles. The predicted octanol–water partition coefficient (Wildman–Crippen LogP) is 4.55. The summed E-state index contributed by atoms with van der Waals surface area (Å²) in [5, 5.41) is 23.1. The second kappa shape index (κ2) is 9.75. The van der Waals surface area contributed by atoms with Crippen molar-refractivity contribution in [3.05, 3.63) is 95.5 Å². The summed E-state index contributed by atoms with van der Waals surface area (Å²) in [7, 11) is 1.87. The maximum atomic E-state index is 13.1. The maximum absolute atomic E-state index is 13.1. The fraction of sp³-hybridized carbons (Fsp3) is 0.406. The van der Waals surface area contributed by atoms with E-state index >= 15 is 0 Å². The zero-order chi connectivity index (χ0) is 26.3. The highest BCUT2D eigenvalue weighted by Gasteiger charge is 2.64. The van der Waals surface area contributed by atoms with E-state index in [4.69, 9.17) is 4.42 Å². The molecule has 198 valence electrons. The fourth-order valence-electron chi connectivity index (χ4n) is 7.43. The van der Waals surface area contributed by atoms with Gasteiger partial charge in [-0.3, -0.25) is 9.69 Å². The molecule has 0 radical (unpaired) electrons. The first-order valence-electron chi connectivity index (χ1n) is 13.7. The number of phenolic OH excluding ortho intramolecular Hbond substituents is 1. The highest BCUT2D eigenvalue weighted by atomic mass is 16.3. The lowest BCUT2D eigenvalue weighted by Crippen LogP contribution is -2.74. The molecule has 6 rings (SSSR count). The van der Waals surface area contributed by atoms with Crippen molar-refractivity contribution in [1.82, 2.24) is 9.80 Å². The van der Waals surface area contributed by atoms with Gasteiger partial charge in [-0.05, 0) is 86.0 Å². The van der Waals surface area contributed by atoms with Crippen LogP contribution in [0, 0.1) is 0 Å². The number of hydrogen-bond acceptors (Lipinski definition) is 5. The molecule has 1 unspecified atom stereocenters. The molecule has 6 nitrogen and oxygen atoms in total. The number of aliphatic hydroxyl groups is 1. The van der Waals surface area contributed by atoms with Crippen molar-refractivity contribution in [2.24, 2.45) is 0 Å². The first-order valence-corrected chi connectivity index (χ1v) is 13.7. The second-order valence-corrected chi connectivity index (χ2v) is 11.3. The largest absolute Gasteiger partial charge is 0.508 e. The molecule has 1 saturated carbocycles. The van der Waals surface area contributed by atoms with Crippen molar-refractivity contribution in [3.63, 3.8) is 0 Å². The van der Waals surface area contributed by atoms with E-state index in [2.05, 4.69) is 29.2 Å². The van der Waals surface area contributed by atoms with Crippen molar-refractivity contribution >= 4 is 12.0 Å². The van der Waals surface area contributed by atoms with Crippen molar-refractivity contribution in [2.75, 3.05) is 20.1 Å². The van der Waals surface area contributed by atoms with Gasteiger partial charge in [0, 0.05) is 42.7 Å². The van der Waals surface area contributed by atoms with E-state index in [9.17, 15) is 15.0 Å². The number of carbonyl (C=O) groups excluding carboxylic acids is 1. The van der Waals surface area contributed by atoms with Gasteiger partial charge in [-0.2, -0.15) is 0 Å². The summed E-state index contributed by atoms with van der Waals surface area (Å²) in [6.07, 6.45) is 11.2. The molecule has 1 aliphatic heterocycles. The minimum Gasteiger partial charge on any atom is -0.508 e. The van der Waals surface area contributed by atoms with Gasteiger partial charge >= 0.3 is 0 Å². The Kier molecular flexibility index (Phi) is 6.40. The standard InChI is InChI=1S/C32H36N2O4/c1-33(30(36)10-7-24-13-18-38-22-24)26-11-14-32(37)29-19-25-8-9-27(35)20-28(25)31(32,21-26)15-17-34(29)16-12-23-5-3-2-4-6-23/h2-10,13,18,20,22,26,29,35,37H,11-12,14-17,19,21H2,1H3/b10-7+/t26?,29-,31-,32-/m1/s1. The minimum atomic E-state index is -0.907. The summed E-state index contributed by atoms with van der Waals surface area (Å²) in [6, 6.07) is 18.0. The fourth-order valence-corrected chi connectivity index (χ4v) is 7.43. The Morgan fingerprint density at radius 1 is 1.18 bits per heavy atom. The van der Waals surface area contributed by atoms with Crippen molar-refractivity contribution in [2.45, 2.75) is 61.6 Å². The number of amides is 1. The lowest BCUT2D eigenvalue weighted by atomic mass is 9.48. The molecule has 2 bridgehead atoms. The number of furan rings is 1. The number of likely N-dealkylation sites (N-methyl/N-ethyl adjacent to an activating group) is 1. The molecule has 38 heavy (non-hydrogen) atoms. The lowest BCUT2D eigenvalue weighted by molar-refractivity contribution is -0.176. The van der Waals surface area contributed by atoms with Gasteiger partial charge in [0.15, 0.2) is 0 Å². The van der Waals surface area contributed by atoms with Gasteiger partial charge in [-0.15, -0.1) is 0 Å². The average molecular weight is 513 g/mol. The van der Waals surface area contributed by atoms with Crippen molar-refractivity contribution in [1.29, 1.82) is 0 Å². The third-order valence-electron chi connectivity index (χ3n) is 9.50. The summed E-state index contributed by atoms with van der Waals surface area (Å²) in [5.74, 6) is 0.182. The summed E-state index contributed by atoms with van der Waals surface area (Å²) < 4.78 is 5.10. The number of rotatable bonds is 6. The Hall–Kier alpha value is -3.35. The van der Waals surface area contributed by atoms with Gasteiger partial charge < -0.3 is 19.5 Å². The van der Waals surface area contributed by atoms with Gasteiger partial charge in [0.05, 0.1) is 18.1 Å². The van der Waals surface area contributed by atoms with Gasteiger partial charge in [0.1, 0.15) is 5.75 Å². The summed E-state index contributed by atoms with van der Waals surface area (Å²) in [5.41, 5.74) is 3.03. The van der Waals surface area contributed by atoms with Crippen LogP contribution in [0.5, 0.6) is 5.75 Å². The minimum absolute atomic E-state index is 0.00147. The van der Waals surface area contributed by atoms with Gasteiger partial charge in [0.2, 0.25) is 5.91 Å². The van der Waals surface area contributed by atoms with Gasteiger partial charge in [0.25, 0.3) is 0 Å². The van der Waals surface area contributed by atoms with Crippen LogP contribution < -0.4 is 0 Å². The molecular weight excluding hydrogens is 476 g/mol. The van der Waals surface area contributed by atoms with Crippen LogP contribution in [0.1, 0.15) is 47.9 Å².